The lowest BCUT2D eigenvalue weighted by molar-refractivity contribution is 0.361. The second-order valence-corrected chi connectivity index (χ2v) is 5.34. The fourth-order valence-corrected chi connectivity index (χ4v) is 3.49. The molecular formula is C14H18N4. The monoisotopic (exact) mass is 242 g/mol. The molecule has 0 spiro atoms. The van der Waals surface area contributed by atoms with Crippen LogP contribution < -0.4 is 10.6 Å². The minimum absolute atomic E-state index is 0.538. The molecule has 1 aliphatic carbocycles. The van der Waals surface area contributed by atoms with E-state index in [9.17, 15) is 0 Å². The summed E-state index contributed by atoms with van der Waals surface area (Å²) in [7, 11) is 0. The van der Waals surface area contributed by atoms with Crippen molar-refractivity contribution in [2.45, 2.75) is 38.1 Å². The molecule has 1 aromatic rings. The third-order valence-electron chi connectivity index (χ3n) is 4.29. The van der Waals surface area contributed by atoms with Crippen molar-refractivity contribution in [1.29, 1.82) is 5.26 Å². The third-order valence-corrected chi connectivity index (χ3v) is 4.29. The Kier molecular flexibility index (Phi) is 2.83. The molecule has 1 saturated carbocycles. The summed E-state index contributed by atoms with van der Waals surface area (Å²) < 4.78 is 0. The lowest BCUT2D eigenvalue weighted by Gasteiger charge is -2.39. The maximum Gasteiger partial charge on any atom is 0.152 e. The van der Waals surface area contributed by atoms with Crippen molar-refractivity contribution in [2.75, 3.05) is 17.2 Å². The molecule has 2 fully saturated rings. The van der Waals surface area contributed by atoms with Crippen LogP contribution in [0.2, 0.25) is 0 Å². The second kappa shape index (κ2) is 4.49. The first kappa shape index (κ1) is 11.3. The molecule has 0 aromatic carbocycles. The molecule has 0 bridgehead atoms. The Morgan fingerprint density at radius 3 is 2.94 bits per heavy atom. The number of aromatic nitrogens is 1. The lowest BCUT2D eigenvalue weighted by Crippen LogP contribution is -2.43. The van der Waals surface area contributed by atoms with Crippen molar-refractivity contribution in [3.05, 3.63) is 17.8 Å². The fraction of sp³-hybridized carbons (Fsp3) is 0.571. The maximum atomic E-state index is 8.85. The molecule has 94 valence electrons. The molecule has 0 radical (unpaired) electrons. The van der Waals surface area contributed by atoms with Crippen LogP contribution in [-0.4, -0.2) is 17.6 Å². The van der Waals surface area contributed by atoms with E-state index in [0.29, 0.717) is 17.3 Å². The molecule has 0 amide bonds. The van der Waals surface area contributed by atoms with Crippen molar-refractivity contribution >= 4 is 11.5 Å². The van der Waals surface area contributed by atoms with Crippen LogP contribution >= 0.6 is 0 Å². The Morgan fingerprint density at radius 1 is 1.33 bits per heavy atom. The summed E-state index contributed by atoms with van der Waals surface area (Å²) in [5, 5.41) is 8.85. The third kappa shape index (κ3) is 1.80. The average molecular weight is 242 g/mol. The first-order valence-electron chi connectivity index (χ1n) is 6.72. The lowest BCUT2D eigenvalue weighted by atomic mass is 9.92. The average Bonchev–Trinajstić information content (AvgIpc) is 2.87. The highest BCUT2D eigenvalue weighted by Gasteiger charge is 2.36. The molecule has 2 N–H and O–H groups in total. The second-order valence-electron chi connectivity index (χ2n) is 5.34. The van der Waals surface area contributed by atoms with Crippen LogP contribution in [0.25, 0.3) is 0 Å². The minimum Gasteiger partial charge on any atom is -0.396 e. The number of rotatable bonds is 1. The van der Waals surface area contributed by atoms with Crippen molar-refractivity contribution in [3.63, 3.8) is 0 Å². The Hall–Kier alpha value is -1.76. The predicted octanol–water partition coefficient (Wildman–Crippen LogP) is 2.30. The van der Waals surface area contributed by atoms with E-state index >= 15 is 0 Å². The predicted molar refractivity (Wildman–Crippen MR) is 71.1 cm³/mol. The smallest absolute Gasteiger partial charge is 0.152 e. The van der Waals surface area contributed by atoms with Crippen LogP contribution in [0.5, 0.6) is 0 Å². The van der Waals surface area contributed by atoms with E-state index in [0.717, 1.165) is 18.3 Å². The van der Waals surface area contributed by atoms with E-state index in [-0.39, 0.29) is 0 Å². The summed E-state index contributed by atoms with van der Waals surface area (Å²) in [6.45, 7) is 1.05. The van der Waals surface area contributed by atoms with Crippen molar-refractivity contribution in [1.82, 2.24) is 4.98 Å². The van der Waals surface area contributed by atoms with Gasteiger partial charge in [-0.25, -0.2) is 4.98 Å². The summed E-state index contributed by atoms with van der Waals surface area (Å²) in [5.74, 6) is 1.70. The zero-order valence-electron chi connectivity index (χ0n) is 10.5. The largest absolute Gasteiger partial charge is 0.396 e. The number of piperidine rings is 1. The molecule has 2 atom stereocenters. The highest BCUT2D eigenvalue weighted by Crippen LogP contribution is 2.39. The van der Waals surface area contributed by atoms with Crippen molar-refractivity contribution in [2.24, 2.45) is 5.92 Å². The number of nitrogens with two attached hydrogens (primary N) is 1. The minimum atomic E-state index is 0.538. The van der Waals surface area contributed by atoms with Gasteiger partial charge in [-0.05, 0) is 37.7 Å². The van der Waals surface area contributed by atoms with Gasteiger partial charge in [0.05, 0.1) is 11.3 Å². The number of nitrogens with zero attached hydrogens (tertiary/aromatic N) is 3. The number of hydrogen-bond donors (Lipinski definition) is 1. The summed E-state index contributed by atoms with van der Waals surface area (Å²) in [6.07, 6.45) is 8.12. The van der Waals surface area contributed by atoms with Gasteiger partial charge >= 0.3 is 0 Å². The zero-order valence-corrected chi connectivity index (χ0v) is 10.5. The van der Waals surface area contributed by atoms with Gasteiger partial charge in [-0.15, -0.1) is 0 Å². The van der Waals surface area contributed by atoms with Crippen LogP contribution in [0.15, 0.2) is 12.3 Å². The number of hydrogen-bond acceptors (Lipinski definition) is 4. The number of nitrogen functional groups attached to an aromatic ring is 1. The highest BCUT2D eigenvalue weighted by molar-refractivity contribution is 5.65. The number of anilines is 2. The van der Waals surface area contributed by atoms with E-state index in [4.69, 9.17) is 11.0 Å². The summed E-state index contributed by atoms with van der Waals surface area (Å²) in [4.78, 5) is 6.78. The molecular weight excluding hydrogens is 224 g/mol. The number of pyridine rings is 1. The van der Waals surface area contributed by atoms with Gasteiger partial charge in [-0.2, -0.15) is 5.26 Å². The van der Waals surface area contributed by atoms with Gasteiger partial charge in [0.2, 0.25) is 0 Å². The molecule has 2 aliphatic rings. The molecule has 1 saturated heterocycles. The van der Waals surface area contributed by atoms with E-state index in [1.165, 1.54) is 32.1 Å². The first-order chi connectivity index (χ1) is 8.79. The Bertz CT molecular complexity index is 491. The standard InChI is InChI=1S/C14H18N4/c15-8-10-7-12(16)14(17-9-10)18-6-2-4-11-3-1-5-13(11)18/h7,9,11,13H,1-6,16H2. The maximum absolute atomic E-state index is 8.85. The first-order valence-corrected chi connectivity index (χ1v) is 6.72. The van der Waals surface area contributed by atoms with Crippen molar-refractivity contribution < 1.29 is 0 Å². The normalized spacial score (nSPS) is 26.7. The van der Waals surface area contributed by atoms with Crippen LogP contribution in [-0.2, 0) is 0 Å². The van der Waals surface area contributed by atoms with Crippen LogP contribution in [0.1, 0.15) is 37.7 Å². The van der Waals surface area contributed by atoms with E-state index in [2.05, 4.69) is 16.0 Å². The molecule has 1 aromatic heterocycles. The molecule has 18 heavy (non-hydrogen) atoms. The van der Waals surface area contributed by atoms with Gasteiger partial charge in [-0.1, -0.05) is 6.42 Å². The molecule has 1 aliphatic heterocycles. The molecule has 3 rings (SSSR count). The molecule has 4 nitrogen and oxygen atoms in total. The Balaban J connectivity index is 1.92. The van der Waals surface area contributed by atoms with Gasteiger partial charge in [0.25, 0.3) is 0 Å². The quantitative estimate of drug-likeness (QED) is 0.820. The zero-order chi connectivity index (χ0) is 12.5. The number of fused-ring (bicyclic) bond motifs is 1. The highest BCUT2D eigenvalue weighted by atomic mass is 15.2. The Morgan fingerprint density at radius 2 is 2.17 bits per heavy atom. The van der Waals surface area contributed by atoms with Gasteiger partial charge in [0, 0.05) is 18.8 Å². The topological polar surface area (TPSA) is 65.9 Å². The summed E-state index contributed by atoms with van der Waals surface area (Å²) in [5.41, 5.74) is 7.23. The summed E-state index contributed by atoms with van der Waals surface area (Å²) >= 11 is 0. The molecule has 2 unspecified atom stereocenters. The van der Waals surface area contributed by atoms with E-state index in [1.807, 2.05) is 0 Å². The van der Waals surface area contributed by atoms with Gasteiger partial charge in [0.1, 0.15) is 6.07 Å². The molecule has 4 heteroatoms. The van der Waals surface area contributed by atoms with Crippen LogP contribution in [0, 0.1) is 17.2 Å². The van der Waals surface area contributed by atoms with E-state index in [1.54, 1.807) is 12.3 Å². The van der Waals surface area contributed by atoms with Gasteiger partial charge in [-0.3, -0.25) is 0 Å². The van der Waals surface area contributed by atoms with Crippen LogP contribution in [0.3, 0.4) is 0 Å². The van der Waals surface area contributed by atoms with Gasteiger partial charge < -0.3 is 10.6 Å². The van der Waals surface area contributed by atoms with Gasteiger partial charge in [0.15, 0.2) is 5.82 Å². The summed E-state index contributed by atoms with van der Waals surface area (Å²) in [6, 6.07) is 4.43. The van der Waals surface area contributed by atoms with Crippen LogP contribution in [0.4, 0.5) is 11.5 Å². The van der Waals surface area contributed by atoms with E-state index < -0.39 is 0 Å². The molecule has 2 heterocycles. The SMILES string of the molecule is N#Cc1cnc(N2CCCC3CCCC32)c(N)c1. The number of nitriles is 1. The Labute approximate surface area is 107 Å². The fourth-order valence-electron chi connectivity index (χ4n) is 3.49. The van der Waals surface area contributed by atoms with Crippen molar-refractivity contribution in [3.8, 4) is 6.07 Å².